The maximum atomic E-state index is 8.92. The van der Waals surface area contributed by atoms with Crippen LogP contribution < -0.4 is 22.7 Å². The fraction of sp³-hybridized carbons (Fsp3) is 0.833. The van der Waals surface area contributed by atoms with Gasteiger partial charge >= 0.3 is 5.17 Å². The SMILES string of the molecule is C[NH+]=C1NC(C)(CO)CS1.[Cl-]. The molecule has 1 saturated heterocycles. The first-order valence-electron chi connectivity index (χ1n) is 3.27. The van der Waals surface area contributed by atoms with Crippen molar-refractivity contribution in [2.75, 3.05) is 19.4 Å². The minimum atomic E-state index is -0.122. The Bertz CT molecular complexity index is 165. The molecule has 0 aromatic heterocycles. The Hall–Kier alpha value is 0.0700. The van der Waals surface area contributed by atoms with Crippen LogP contribution in [0.15, 0.2) is 0 Å². The standard InChI is InChI=1S/C6H12N2OS.ClH/c1-6(3-9)4-10-5(7-2)8-6;/h9H,3-4H2,1-2H3,(H,7,8);1H. The van der Waals surface area contributed by atoms with Crippen molar-refractivity contribution in [1.82, 2.24) is 5.32 Å². The Morgan fingerprint density at radius 3 is 2.73 bits per heavy atom. The van der Waals surface area contributed by atoms with Crippen LogP contribution in [-0.2, 0) is 0 Å². The van der Waals surface area contributed by atoms with Crippen LogP contribution in [0, 0.1) is 0 Å². The number of amidine groups is 1. The minimum Gasteiger partial charge on any atom is -1.00 e. The molecule has 1 fully saturated rings. The van der Waals surface area contributed by atoms with E-state index in [1.165, 1.54) is 0 Å². The molecule has 1 heterocycles. The number of thioether (sulfide) groups is 1. The molecular weight excluding hydrogens is 184 g/mol. The van der Waals surface area contributed by atoms with Crippen LogP contribution in [0.2, 0.25) is 0 Å². The van der Waals surface area contributed by atoms with E-state index in [1.54, 1.807) is 11.8 Å². The van der Waals surface area contributed by atoms with Gasteiger partial charge in [0.2, 0.25) is 0 Å². The maximum Gasteiger partial charge on any atom is 0.304 e. The smallest absolute Gasteiger partial charge is 0.304 e. The van der Waals surface area contributed by atoms with Crippen molar-refractivity contribution in [3.63, 3.8) is 0 Å². The number of aliphatic hydroxyl groups excluding tert-OH is 1. The molecule has 0 aromatic rings. The number of hydrogen-bond acceptors (Lipinski definition) is 2. The van der Waals surface area contributed by atoms with Gasteiger partial charge in [-0.2, -0.15) is 0 Å². The van der Waals surface area contributed by atoms with Gasteiger partial charge in [0.25, 0.3) is 0 Å². The molecule has 66 valence electrons. The van der Waals surface area contributed by atoms with Gasteiger partial charge in [0.1, 0.15) is 5.54 Å². The van der Waals surface area contributed by atoms with Crippen molar-refractivity contribution in [3.8, 4) is 0 Å². The second kappa shape index (κ2) is 4.18. The van der Waals surface area contributed by atoms with E-state index in [4.69, 9.17) is 5.11 Å². The van der Waals surface area contributed by atoms with Crippen LogP contribution >= 0.6 is 11.8 Å². The first kappa shape index (κ1) is 11.1. The molecule has 11 heavy (non-hydrogen) atoms. The lowest BCUT2D eigenvalue weighted by Crippen LogP contribution is -3.00. The normalized spacial score (nSPS) is 33.2. The summed E-state index contributed by atoms with van der Waals surface area (Å²) in [6.07, 6.45) is 0. The number of halogens is 1. The molecule has 1 atom stereocenters. The Balaban J connectivity index is 0.000001000. The van der Waals surface area contributed by atoms with E-state index in [1.807, 2.05) is 14.0 Å². The summed E-state index contributed by atoms with van der Waals surface area (Å²) < 4.78 is 0. The van der Waals surface area contributed by atoms with E-state index in [0.29, 0.717) is 0 Å². The summed E-state index contributed by atoms with van der Waals surface area (Å²) in [6.45, 7) is 2.19. The second-order valence-electron chi connectivity index (χ2n) is 2.71. The Morgan fingerprint density at radius 2 is 2.45 bits per heavy atom. The number of nitrogens with one attached hydrogen (secondary N) is 2. The van der Waals surface area contributed by atoms with Crippen molar-refractivity contribution in [2.45, 2.75) is 12.5 Å². The molecule has 0 amide bonds. The molecule has 0 aromatic carbocycles. The Kier molecular flexibility index (Phi) is 4.21. The lowest BCUT2D eigenvalue weighted by Gasteiger charge is -2.13. The molecule has 0 radical (unpaired) electrons. The lowest BCUT2D eigenvalue weighted by molar-refractivity contribution is -0.418. The van der Waals surface area contributed by atoms with Gasteiger partial charge in [0.15, 0.2) is 0 Å². The molecule has 0 bridgehead atoms. The highest BCUT2D eigenvalue weighted by Crippen LogP contribution is 2.19. The number of aliphatic hydroxyl groups is 1. The van der Waals surface area contributed by atoms with E-state index in [0.717, 1.165) is 10.9 Å². The van der Waals surface area contributed by atoms with Gasteiger partial charge in [-0.05, 0) is 18.7 Å². The maximum absolute atomic E-state index is 8.92. The molecule has 3 N–H and O–H groups in total. The average Bonchev–Trinajstić information content (AvgIpc) is 2.33. The lowest BCUT2D eigenvalue weighted by atomic mass is 10.1. The van der Waals surface area contributed by atoms with E-state index < -0.39 is 0 Å². The van der Waals surface area contributed by atoms with Crippen molar-refractivity contribution in [3.05, 3.63) is 0 Å². The summed E-state index contributed by atoms with van der Waals surface area (Å²) in [7, 11) is 1.87. The van der Waals surface area contributed by atoms with Gasteiger partial charge in [0.05, 0.1) is 19.4 Å². The zero-order valence-corrected chi connectivity index (χ0v) is 8.22. The van der Waals surface area contributed by atoms with Crippen molar-refractivity contribution < 1.29 is 22.5 Å². The quantitative estimate of drug-likeness (QED) is 0.394. The number of rotatable bonds is 1. The summed E-state index contributed by atoms with van der Waals surface area (Å²) >= 11 is 1.71. The molecular formula is C6H13ClN2OS. The van der Waals surface area contributed by atoms with Gasteiger partial charge < -0.3 is 17.5 Å². The molecule has 1 aliphatic rings. The predicted molar refractivity (Wildman–Crippen MR) is 43.0 cm³/mol. The zero-order valence-electron chi connectivity index (χ0n) is 6.65. The first-order valence-corrected chi connectivity index (χ1v) is 4.25. The van der Waals surface area contributed by atoms with Crippen LogP contribution in [0.4, 0.5) is 0 Å². The Morgan fingerprint density at radius 1 is 1.82 bits per heavy atom. The fourth-order valence-electron chi connectivity index (χ4n) is 0.798. The van der Waals surface area contributed by atoms with Crippen LogP contribution in [0.1, 0.15) is 6.92 Å². The summed E-state index contributed by atoms with van der Waals surface area (Å²) in [4.78, 5) is 3.01. The van der Waals surface area contributed by atoms with E-state index >= 15 is 0 Å². The molecule has 0 aliphatic carbocycles. The van der Waals surface area contributed by atoms with Crippen LogP contribution in [0.5, 0.6) is 0 Å². The fourth-order valence-corrected chi connectivity index (χ4v) is 1.89. The highest BCUT2D eigenvalue weighted by molar-refractivity contribution is 8.14. The van der Waals surface area contributed by atoms with Gasteiger partial charge in [-0.1, -0.05) is 0 Å². The summed E-state index contributed by atoms with van der Waals surface area (Å²) in [5.41, 5.74) is -0.122. The third-order valence-electron chi connectivity index (χ3n) is 1.53. The highest BCUT2D eigenvalue weighted by Gasteiger charge is 2.37. The van der Waals surface area contributed by atoms with Gasteiger partial charge in [0, 0.05) is 0 Å². The molecule has 5 heteroatoms. The van der Waals surface area contributed by atoms with Crippen LogP contribution in [0.3, 0.4) is 0 Å². The minimum absolute atomic E-state index is 0. The molecule has 0 spiro atoms. The van der Waals surface area contributed by atoms with Crippen molar-refractivity contribution >= 4 is 16.9 Å². The second-order valence-corrected chi connectivity index (χ2v) is 3.70. The van der Waals surface area contributed by atoms with E-state index in [2.05, 4.69) is 10.3 Å². The van der Waals surface area contributed by atoms with Crippen molar-refractivity contribution in [1.29, 1.82) is 0 Å². The summed E-state index contributed by atoms with van der Waals surface area (Å²) in [6, 6.07) is 0. The molecule has 0 saturated carbocycles. The molecule has 1 rings (SSSR count). The average molecular weight is 197 g/mol. The van der Waals surface area contributed by atoms with Gasteiger partial charge in [-0.15, -0.1) is 0 Å². The summed E-state index contributed by atoms with van der Waals surface area (Å²) in [5.74, 6) is 0.930. The molecule has 1 unspecified atom stereocenters. The largest absolute Gasteiger partial charge is 1.00 e. The topological polar surface area (TPSA) is 46.2 Å². The van der Waals surface area contributed by atoms with Gasteiger partial charge in [-0.3, -0.25) is 10.3 Å². The first-order chi connectivity index (χ1) is 4.70. The number of hydrogen-bond donors (Lipinski definition) is 3. The molecule has 3 nitrogen and oxygen atoms in total. The third kappa shape index (κ3) is 2.54. The van der Waals surface area contributed by atoms with Gasteiger partial charge in [-0.25, -0.2) is 0 Å². The Labute approximate surface area is 77.1 Å². The predicted octanol–water partition coefficient (Wildman–Crippen LogP) is -4.86. The monoisotopic (exact) mass is 196 g/mol. The molecule has 1 aliphatic heterocycles. The van der Waals surface area contributed by atoms with Crippen LogP contribution in [0.25, 0.3) is 0 Å². The third-order valence-corrected chi connectivity index (χ3v) is 2.90. The van der Waals surface area contributed by atoms with Crippen LogP contribution in [-0.4, -0.2) is 35.2 Å². The zero-order chi connectivity index (χ0) is 7.61. The van der Waals surface area contributed by atoms with Crippen molar-refractivity contribution in [2.24, 2.45) is 0 Å². The summed E-state index contributed by atoms with van der Waals surface area (Å²) in [5, 5.41) is 13.2. The highest BCUT2D eigenvalue weighted by atomic mass is 35.5. The van der Waals surface area contributed by atoms with E-state index in [9.17, 15) is 0 Å². The van der Waals surface area contributed by atoms with E-state index in [-0.39, 0.29) is 24.6 Å².